The van der Waals surface area contributed by atoms with Crippen molar-refractivity contribution >= 4 is 0 Å². The van der Waals surface area contributed by atoms with E-state index >= 15 is 0 Å². The molecule has 4 heteroatoms. The average molecular weight is 197 g/mol. The molecule has 0 atom stereocenters. The zero-order valence-electron chi connectivity index (χ0n) is 9.42. The fourth-order valence-corrected chi connectivity index (χ4v) is 1.57. The highest BCUT2D eigenvalue weighted by Gasteiger charge is 2.14. The first-order valence-electron chi connectivity index (χ1n) is 5.04. The van der Waals surface area contributed by atoms with Crippen molar-refractivity contribution in [3.05, 3.63) is 11.3 Å². The van der Waals surface area contributed by atoms with Crippen LogP contribution in [0, 0.1) is 0 Å². The summed E-state index contributed by atoms with van der Waals surface area (Å²) in [5.74, 6) is 0.864. The minimum atomic E-state index is 0.830. The molecule has 0 aliphatic heterocycles. The van der Waals surface area contributed by atoms with E-state index in [4.69, 9.17) is 4.74 Å². The van der Waals surface area contributed by atoms with E-state index in [1.807, 2.05) is 7.05 Å². The third-order valence-electron chi connectivity index (χ3n) is 2.25. The monoisotopic (exact) mass is 197 g/mol. The number of hydrogen-bond donors (Lipinski definition) is 1. The van der Waals surface area contributed by atoms with E-state index < -0.39 is 0 Å². The summed E-state index contributed by atoms with van der Waals surface area (Å²) >= 11 is 0. The number of nitrogens with zero attached hydrogens (tertiary/aromatic N) is 2. The smallest absolute Gasteiger partial charge is 0.216 e. The Balaban J connectivity index is 2.95. The molecule has 1 aromatic rings. The zero-order chi connectivity index (χ0) is 10.6. The van der Waals surface area contributed by atoms with E-state index in [0.717, 1.165) is 31.1 Å². The first kappa shape index (κ1) is 11.0. The Kier molecular flexibility index (Phi) is 3.95. The standard InChI is InChI=1S/C10H19N3O/c1-5-9-8(7-11-6-2)10(14-4)13(3)12-9/h11H,5-7H2,1-4H3. The van der Waals surface area contributed by atoms with Crippen LogP contribution in [0.2, 0.25) is 0 Å². The highest BCUT2D eigenvalue weighted by Crippen LogP contribution is 2.21. The third-order valence-corrected chi connectivity index (χ3v) is 2.25. The maximum atomic E-state index is 5.32. The van der Waals surface area contributed by atoms with Gasteiger partial charge in [0.25, 0.3) is 0 Å². The van der Waals surface area contributed by atoms with Crippen molar-refractivity contribution < 1.29 is 4.74 Å². The van der Waals surface area contributed by atoms with Crippen molar-refractivity contribution in [2.75, 3.05) is 13.7 Å². The molecule has 0 radical (unpaired) electrons. The molecule has 80 valence electrons. The van der Waals surface area contributed by atoms with Gasteiger partial charge in [-0.05, 0) is 13.0 Å². The number of aromatic nitrogens is 2. The Morgan fingerprint density at radius 3 is 2.64 bits per heavy atom. The van der Waals surface area contributed by atoms with Gasteiger partial charge >= 0.3 is 0 Å². The Labute approximate surface area is 85.3 Å². The number of rotatable bonds is 5. The molecule has 0 saturated carbocycles. The van der Waals surface area contributed by atoms with Crippen LogP contribution in [0.3, 0.4) is 0 Å². The molecule has 0 amide bonds. The molecular formula is C10H19N3O. The van der Waals surface area contributed by atoms with Crippen LogP contribution in [0.25, 0.3) is 0 Å². The predicted molar refractivity (Wildman–Crippen MR) is 56.5 cm³/mol. The van der Waals surface area contributed by atoms with Gasteiger partial charge in [0.2, 0.25) is 5.88 Å². The van der Waals surface area contributed by atoms with Crippen LogP contribution in [-0.4, -0.2) is 23.4 Å². The van der Waals surface area contributed by atoms with Gasteiger partial charge in [0.05, 0.1) is 18.4 Å². The van der Waals surface area contributed by atoms with E-state index in [1.165, 1.54) is 5.56 Å². The van der Waals surface area contributed by atoms with Crippen LogP contribution >= 0.6 is 0 Å². The molecule has 0 unspecified atom stereocenters. The van der Waals surface area contributed by atoms with Gasteiger partial charge in [-0.1, -0.05) is 13.8 Å². The summed E-state index contributed by atoms with van der Waals surface area (Å²) in [5.41, 5.74) is 2.30. The molecule has 1 aromatic heterocycles. The quantitative estimate of drug-likeness (QED) is 0.768. The molecular weight excluding hydrogens is 178 g/mol. The van der Waals surface area contributed by atoms with Crippen LogP contribution in [0.15, 0.2) is 0 Å². The molecule has 0 fully saturated rings. The highest BCUT2D eigenvalue weighted by molar-refractivity contribution is 5.31. The lowest BCUT2D eigenvalue weighted by Gasteiger charge is -2.05. The summed E-state index contributed by atoms with van der Waals surface area (Å²) in [6.45, 7) is 5.99. The van der Waals surface area contributed by atoms with Gasteiger partial charge in [-0.15, -0.1) is 0 Å². The van der Waals surface area contributed by atoms with Crippen molar-refractivity contribution in [2.24, 2.45) is 7.05 Å². The SMILES string of the molecule is CCNCc1c(CC)nn(C)c1OC. The van der Waals surface area contributed by atoms with E-state index in [1.54, 1.807) is 11.8 Å². The Morgan fingerprint density at radius 2 is 2.14 bits per heavy atom. The Bertz CT molecular complexity index is 294. The lowest BCUT2D eigenvalue weighted by atomic mass is 10.2. The van der Waals surface area contributed by atoms with Gasteiger partial charge in [0, 0.05) is 13.6 Å². The maximum Gasteiger partial charge on any atom is 0.216 e. The van der Waals surface area contributed by atoms with Crippen molar-refractivity contribution in [1.82, 2.24) is 15.1 Å². The van der Waals surface area contributed by atoms with Crippen LogP contribution in [0.4, 0.5) is 0 Å². The summed E-state index contributed by atoms with van der Waals surface area (Å²) in [4.78, 5) is 0. The first-order valence-corrected chi connectivity index (χ1v) is 5.04. The maximum absolute atomic E-state index is 5.32. The predicted octanol–water partition coefficient (Wildman–Crippen LogP) is 1.10. The molecule has 0 aromatic carbocycles. The number of nitrogens with one attached hydrogen (secondary N) is 1. The zero-order valence-corrected chi connectivity index (χ0v) is 9.42. The van der Waals surface area contributed by atoms with E-state index in [0.29, 0.717) is 0 Å². The fourth-order valence-electron chi connectivity index (χ4n) is 1.57. The highest BCUT2D eigenvalue weighted by atomic mass is 16.5. The second kappa shape index (κ2) is 5.00. The van der Waals surface area contributed by atoms with E-state index in [2.05, 4.69) is 24.3 Å². The van der Waals surface area contributed by atoms with Crippen molar-refractivity contribution in [1.29, 1.82) is 0 Å². The topological polar surface area (TPSA) is 39.1 Å². The normalized spacial score (nSPS) is 10.6. The summed E-state index contributed by atoms with van der Waals surface area (Å²) in [5, 5.41) is 7.70. The minimum Gasteiger partial charge on any atom is -0.481 e. The van der Waals surface area contributed by atoms with E-state index in [9.17, 15) is 0 Å². The Morgan fingerprint density at radius 1 is 1.43 bits per heavy atom. The molecule has 4 nitrogen and oxygen atoms in total. The Hall–Kier alpha value is -1.03. The summed E-state index contributed by atoms with van der Waals surface area (Å²) in [6.07, 6.45) is 0.942. The lowest BCUT2D eigenvalue weighted by molar-refractivity contribution is 0.368. The summed E-state index contributed by atoms with van der Waals surface area (Å²) in [6, 6.07) is 0. The molecule has 1 N–H and O–H groups in total. The summed E-state index contributed by atoms with van der Waals surface area (Å²) < 4.78 is 7.11. The molecule has 0 aliphatic rings. The van der Waals surface area contributed by atoms with Crippen molar-refractivity contribution in [3.8, 4) is 5.88 Å². The molecule has 0 saturated heterocycles. The molecule has 0 bridgehead atoms. The second-order valence-electron chi connectivity index (χ2n) is 3.19. The summed E-state index contributed by atoms with van der Waals surface area (Å²) in [7, 11) is 3.60. The fraction of sp³-hybridized carbons (Fsp3) is 0.700. The minimum absolute atomic E-state index is 0.830. The molecule has 0 aliphatic carbocycles. The molecule has 0 spiro atoms. The number of aryl methyl sites for hydroxylation is 2. The number of methoxy groups -OCH3 is 1. The second-order valence-corrected chi connectivity index (χ2v) is 3.19. The van der Waals surface area contributed by atoms with Gasteiger partial charge in [0.15, 0.2) is 0 Å². The molecule has 14 heavy (non-hydrogen) atoms. The van der Waals surface area contributed by atoms with Crippen molar-refractivity contribution in [3.63, 3.8) is 0 Å². The van der Waals surface area contributed by atoms with Gasteiger partial charge in [-0.25, -0.2) is 4.68 Å². The van der Waals surface area contributed by atoms with Gasteiger partial charge in [0.1, 0.15) is 0 Å². The number of hydrogen-bond acceptors (Lipinski definition) is 3. The van der Waals surface area contributed by atoms with Crippen LogP contribution in [0.5, 0.6) is 5.88 Å². The molecule has 1 rings (SSSR count). The van der Waals surface area contributed by atoms with Gasteiger partial charge in [-0.3, -0.25) is 0 Å². The van der Waals surface area contributed by atoms with Crippen LogP contribution in [-0.2, 0) is 20.0 Å². The van der Waals surface area contributed by atoms with Crippen LogP contribution < -0.4 is 10.1 Å². The average Bonchev–Trinajstić information content (AvgIpc) is 2.50. The van der Waals surface area contributed by atoms with E-state index in [-0.39, 0.29) is 0 Å². The number of ether oxygens (including phenoxy) is 1. The van der Waals surface area contributed by atoms with Gasteiger partial charge < -0.3 is 10.1 Å². The largest absolute Gasteiger partial charge is 0.481 e. The van der Waals surface area contributed by atoms with Crippen LogP contribution in [0.1, 0.15) is 25.1 Å². The van der Waals surface area contributed by atoms with Gasteiger partial charge in [-0.2, -0.15) is 5.10 Å². The lowest BCUT2D eigenvalue weighted by Crippen LogP contribution is -2.13. The third kappa shape index (κ3) is 2.07. The van der Waals surface area contributed by atoms with Crippen molar-refractivity contribution in [2.45, 2.75) is 26.8 Å². The molecule has 1 heterocycles. The first-order chi connectivity index (χ1) is 6.74.